The first-order valence-corrected chi connectivity index (χ1v) is 7.67. The van der Waals surface area contributed by atoms with Crippen LogP contribution in [0.5, 0.6) is 0 Å². The highest BCUT2D eigenvalue weighted by Crippen LogP contribution is 2.38. The molecule has 3 nitrogen and oxygen atoms in total. The maximum absolute atomic E-state index is 9.53. The molecule has 100 valence electrons. The third-order valence-corrected chi connectivity index (χ3v) is 4.87. The number of nitrogens with zero attached hydrogens (tertiary/aromatic N) is 2. The first-order chi connectivity index (χ1) is 8.74. The van der Waals surface area contributed by atoms with E-state index in [1.165, 1.54) is 38.6 Å². The number of rotatable bonds is 6. The van der Waals surface area contributed by atoms with E-state index >= 15 is 0 Å². The summed E-state index contributed by atoms with van der Waals surface area (Å²) in [6, 6.07) is 3.87. The molecule has 0 aromatic rings. The van der Waals surface area contributed by atoms with Crippen molar-refractivity contribution in [2.24, 2.45) is 5.92 Å². The molecule has 1 N–H and O–H groups in total. The van der Waals surface area contributed by atoms with Crippen molar-refractivity contribution in [1.29, 1.82) is 5.26 Å². The highest BCUT2D eigenvalue weighted by molar-refractivity contribution is 5.15. The Morgan fingerprint density at radius 3 is 2.61 bits per heavy atom. The molecule has 0 aliphatic heterocycles. The lowest BCUT2D eigenvalue weighted by Crippen LogP contribution is -2.45. The third-order valence-electron chi connectivity index (χ3n) is 4.87. The Kier molecular flexibility index (Phi) is 3.34. The molecular formula is C15H25N3. The van der Waals surface area contributed by atoms with Crippen LogP contribution >= 0.6 is 0 Å². The molecule has 3 saturated carbocycles. The molecule has 0 radical (unpaired) electrons. The van der Waals surface area contributed by atoms with Crippen molar-refractivity contribution in [3.8, 4) is 6.07 Å². The van der Waals surface area contributed by atoms with Crippen LogP contribution in [0.25, 0.3) is 0 Å². The van der Waals surface area contributed by atoms with Crippen molar-refractivity contribution in [1.82, 2.24) is 10.2 Å². The van der Waals surface area contributed by atoms with Gasteiger partial charge < -0.3 is 4.90 Å². The maximum Gasteiger partial charge on any atom is 0.108 e. The first kappa shape index (κ1) is 12.4. The second-order valence-electron chi connectivity index (χ2n) is 6.54. The summed E-state index contributed by atoms with van der Waals surface area (Å²) in [6.07, 6.45) is 8.68. The van der Waals surface area contributed by atoms with Gasteiger partial charge in [0.15, 0.2) is 0 Å². The van der Waals surface area contributed by atoms with E-state index in [1.54, 1.807) is 0 Å². The van der Waals surface area contributed by atoms with E-state index in [1.807, 2.05) is 0 Å². The van der Waals surface area contributed by atoms with Gasteiger partial charge in [0.05, 0.1) is 6.07 Å². The maximum atomic E-state index is 9.53. The average molecular weight is 247 g/mol. The molecule has 0 aromatic carbocycles. The standard InChI is InChI=1S/C15H25N3/c1-2-18(10-12-3-4-12)14-7-8-15(9-14,11-16)17-13-5-6-13/h12-14,17H,2-10H2,1H3. The molecule has 0 heterocycles. The zero-order chi connectivity index (χ0) is 12.6. The van der Waals surface area contributed by atoms with Crippen LogP contribution in [0.3, 0.4) is 0 Å². The van der Waals surface area contributed by atoms with E-state index in [9.17, 15) is 5.26 Å². The van der Waals surface area contributed by atoms with Crippen molar-refractivity contribution in [3.05, 3.63) is 0 Å². The molecule has 3 heteroatoms. The monoisotopic (exact) mass is 247 g/mol. The summed E-state index contributed by atoms with van der Waals surface area (Å²) in [7, 11) is 0. The molecule has 0 saturated heterocycles. The van der Waals surface area contributed by atoms with Gasteiger partial charge >= 0.3 is 0 Å². The van der Waals surface area contributed by atoms with E-state index in [2.05, 4.69) is 23.2 Å². The number of nitriles is 1. The SMILES string of the molecule is CCN(CC1CC1)C1CCC(C#N)(NC2CC2)C1. The number of nitrogens with one attached hydrogen (secondary N) is 1. The lowest BCUT2D eigenvalue weighted by atomic mass is 9.99. The van der Waals surface area contributed by atoms with Gasteiger partial charge in [0.1, 0.15) is 5.54 Å². The quantitative estimate of drug-likeness (QED) is 0.782. The van der Waals surface area contributed by atoms with Gasteiger partial charge in [-0.1, -0.05) is 6.92 Å². The Labute approximate surface area is 111 Å². The lowest BCUT2D eigenvalue weighted by molar-refractivity contribution is 0.193. The summed E-state index contributed by atoms with van der Waals surface area (Å²) in [6.45, 7) is 4.68. The van der Waals surface area contributed by atoms with Crippen LogP contribution in [0.15, 0.2) is 0 Å². The van der Waals surface area contributed by atoms with Crippen molar-refractivity contribution in [3.63, 3.8) is 0 Å². The third kappa shape index (κ3) is 2.70. The Morgan fingerprint density at radius 1 is 1.28 bits per heavy atom. The van der Waals surface area contributed by atoms with Crippen molar-refractivity contribution in [2.45, 2.75) is 69.5 Å². The van der Waals surface area contributed by atoms with Gasteiger partial charge in [0.2, 0.25) is 0 Å². The molecule has 2 atom stereocenters. The molecule has 3 aliphatic rings. The van der Waals surface area contributed by atoms with Gasteiger partial charge in [0, 0.05) is 18.6 Å². The summed E-state index contributed by atoms with van der Waals surface area (Å²) in [5.41, 5.74) is -0.206. The fourth-order valence-electron chi connectivity index (χ4n) is 3.38. The first-order valence-electron chi connectivity index (χ1n) is 7.67. The molecule has 2 unspecified atom stereocenters. The second-order valence-corrected chi connectivity index (χ2v) is 6.54. The summed E-state index contributed by atoms with van der Waals surface area (Å²) >= 11 is 0. The molecule has 18 heavy (non-hydrogen) atoms. The van der Waals surface area contributed by atoms with Crippen LogP contribution < -0.4 is 5.32 Å². The van der Waals surface area contributed by atoms with Crippen LogP contribution in [0.2, 0.25) is 0 Å². The molecule has 0 aromatic heterocycles. The molecular weight excluding hydrogens is 222 g/mol. The van der Waals surface area contributed by atoms with Gasteiger partial charge in [-0.2, -0.15) is 5.26 Å². The number of hydrogen-bond donors (Lipinski definition) is 1. The summed E-state index contributed by atoms with van der Waals surface area (Å²) in [5.74, 6) is 0.957. The average Bonchev–Trinajstić information content (AvgIpc) is 3.29. The Bertz CT molecular complexity index is 340. The summed E-state index contributed by atoms with van der Waals surface area (Å²) in [5, 5.41) is 13.1. The molecule has 0 amide bonds. The fourth-order valence-corrected chi connectivity index (χ4v) is 3.38. The Balaban J connectivity index is 1.59. The molecule has 3 rings (SSSR count). The van der Waals surface area contributed by atoms with Gasteiger partial charge in [-0.15, -0.1) is 0 Å². The van der Waals surface area contributed by atoms with Gasteiger partial charge in [-0.05, 0) is 57.4 Å². The van der Waals surface area contributed by atoms with Crippen LogP contribution in [-0.4, -0.2) is 35.6 Å². The zero-order valence-corrected chi connectivity index (χ0v) is 11.5. The minimum atomic E-state index is -0.206. The fraction of sp³-hybridized carbons (Fsp3) is 0.933. The largest absolute Gasteiger partial charge is 0.300 e. The van der Waals surface area contributed by atoms with E-state index < -0.39 is 0 Å². The van der Waals surface area contributed by atoms with Gasteiger partial charge in [0.25, 0.3) is 0 Å². The molecule has 3 aliphatic carbocycles. The van der Waals surface area contributed by atoms with Crippen LogP contribution in [0.4, 0.5) is 0 Å². The van der Waals surface area contributed by atoms with Crippen LogP contribution in [0, 0.1) is 17.2 Å². The topological polar surface area (TPSA) is 39.1 Å². The van der Waals surface area contributed by atoms with Crippen LogP contribution in [0.1, 0.15) is 51.9 Å². The van der Waals surface area contributed by atoms with E-state index in [-0.39, 0.29) is 5.54 Å². The molecule has 0 spiro atoms. The molecule has 3 fully saturated rings. The summed E-state index contributed by atoms with van der Waals surface area (Å²) in [4.78, 5) is 2.63. The molecule has 0 bridgehead atoms. The van der Waals surface area contributed by atoms with Crippen molar-refractivity contribution < 1.29 is 0 Å². The summed E-state index contributed by atoms with van der Waals surface area (Å²) < 4.78 is 0. The minimum Gasteiger partial charge on any atom is -0.300 e. The van der Waals surface area contributed by atoms with E-state index in [0.29, 0.717) is 12.1 Å². The Morgan fingerprint density at radius 2 is 2.06 bits per heavy atom. The predicted octanol–water partition coefficient (Wildman–Crippen LogP) is 2.29. The van der Waals surface area contributed by atoms with Crippen LogP contribution in [-0.2, 0) is 0 Å². The second kappa shape index (κ2) is 4.83. The van der Waals surface area contributed by atoms with Crippen molar-refractivity contribution in [2.75, 3.05) is 13.1 Å². The van der Waals surface area contributed by atoms with Crippen molar-refractivity contribution >= 4 is 0 Å². The van der Waals surface area contributed by atoms with E-state index in [4.69, 9.17) is 0 Å². The van der Waals surface area contributed by atoms with Gasteiger partial charge in [-0.25, -0.2) is 0 Å². The smallest absolute Gasteiger partial charge is 0.108 e. The predicted molar refractivity (Wildman–Crippen MR) is 72.1 cm³/mol. The highest BCUT2D eigenvalue weighted by Gasteiger charge is 2.44. The normalized spacial score (nSPS) is 35.9. The minimum absolute atomic E-state index is 0.206. The highest BCUT2D eigenvalue weighted by atomic mass is 15.2. The van der Waals surface area contributed by atoms with Gasteiger partial charge in [-0.3, -0.25) is 5.32 Å². The zero-order valence-electron chi connectivity index (χ0n) is 11.5. The van der Waals surface area contributed by atoms with E-state index in [0.717, 1.165) is 25.3 Å². The lowest BCUT2D eigenvalue weighted by Gasteiger charge is -2.29. The Hall–Kier alpha value is -0.590. The number of hydrogen-bond acceptors (Lipinski definition) is 3.